The number of aliphatic hydroxyl groups excluding tert-OH is 1. The van der Waals surface area contributed by atoms with Gasteiger partial charge in [0, 0.05) is 22.8 Å². The number of hydrogen-bond donors (Lipinski definition) is 1. The fourth-order valence-electron chi connectivity index (χ4n) is 8.55. The van der Waals surface area contributed by atoms with Crippen molar-refractivity contribution in [1.29, 1.82) is 0 Å². The van der Waals surface area contributed by atoms with Crippen molar-refractivity contribution < 1.29 is 13.5 Å². The van der Waals surface area contributed by atoms with E-state index in [4.69, 9.17) is 4.98 Å². The van der Waals surface area contributed by atoms with Crippen LogP contribution in [0.1, 0.15) is 63.6 Å². The molecular weight excluding hydrogens is 484 g/mol. The van der Waals surface area contributed by atoms with E-state index in [9.17, 15) is 13.5 Å². The predicted octanol–water partition coefficient (Wildman–Crippen LogP) is 4.53. The van der Waals surface area contributed by atoms with E-state index in [1.54, 1.807) is 18.5 Å². The van der Waals surface area contributed by atoms with Crippen LogP contribution in [0.4, 0.5) is 0 Å². The zero-order valence-electron chi connectivity index (χ0n) is 21.7. The summed E-state index contributed by atoms with van der Waals surface area (Å²) in [6, 6.07) is 7.16. The van der Waals surface area contributed by atoms with E-state index in [0.29, 0.717) is 28.4 Å². The topological polar surface area (TPSA) is 97.4 Å². The summed E-state index contributed by atoms with van der Waals surface area (Å²) < 4.78 is 26.0. The normalized spacial score (nSPS) is 34.9. The van der Waals surface area contributed by atoms with E-state index in [0.717, 1.165) is 55.5 Å². The third kappa shape index (κ3) is 3.27. The van der Waals surface area contributed by atoms with Crippen LogP contribution in [-0.4, -0.2) is 45.5 Å². The second-order valence-electron chi connectivity index (χ2n) is 12.4. The van der Waals surface area contributed by atoms with Crippen LogP contribution in [0.15, 0.2) is 47.1 Å². The molecule has 2 fully saturated rings. The summed E-state index contributed by atoms with van der Waals surface area (Å²) in [7, 11) is -3.27. The Balaban J connectivity index is 1.35. The van der Waals surface area contributed by atoms with Gasteiger partial charge in [-0.1, -0.05) is 37.6 Å². The van der Waals surface area contributed by atoms with Crippen molar-refractivity contribution in [3.8, 4) is 11.3 Å². The standard InChI is InChI=1S/C29H34N4O3S/c1-28-12-10-19(34)14-18(28)6-9-21-23(28)11-13-29(2)24(21)15-22-25(33-27(30-16-31-33)32-26(22)29)17-4-7-20(8-5-17)37(3,35)36/h4-8,16,19,21,23-24,34H,9-15H2,1-3H3/t19-,21?,23?,24?,28-,29-/m0/s1. The fraction of sp³-hybridized carbons (Fsp3) is 0.552. The lowest BCUT2D eigenvalue weighted by atomic mass is 9.48. The average molecular weight is 519 g/mol. The lowest BCUT2D eigenvalue weighted by molar-refractivity contribution is -0.0169. The molecule has 8 heteroatoms. The van der Waals surface area contributed by atoms with Gasteiger partial charge in [0.2, 0.25) is 0 Å². The molecule has 4 aliphatic rings. The molecule has 0 aliphatic heterocycles. The maximum atomic E-state index is 12.1. The van der Waals surface area contributed by atoms with Gasteiger partial charge in [-0.3, -0.25) is 0 Å². The minimum absolute atomic E-state index is 0.0263. The van der Waals surface area contributed by atoms with Crippen molar-refractivity contribution in [2.24, 2.45) is 23.2 Å². The van der Waals surface area contributed by atoms with Gasteiger partial charge < -0.3 is 5.11 Å². The minimum Gasteiger partial charge on any atom is -0.393 e. The highest BCUT2D eigenvalue weighted by atomic mass is 32.2. The molecule has 0 bridgehead atoms. The molecule has 194 valence electrons. The maximum Gasteiger partial charge on any atom is 0.252 e. The number of fused-ring (bicyclic) bond motifs is 8. The Bertz CT molecular complexity index is 1560. The molecule has 3 unspecified atom stereocenters. The lowest BCUT2D eigenvalue weighted by Crippen LogP contribution is -2.51. The Morgan fingerprint density at radius 3 is 2.54 bits per heavy atom. The molecular formula is C29H34N4O3S. The smallest absolute Gasteiger partial charge is 0.252 e. The van der Waals surface area contributed by atoms with Crippen LogP contribution in [0.2, 0.25) is 0 Å². The Kier molecular flexibility index (Phi) is 4.91. The number of aromatic nitrogens is 4. The third-order valence-corrected chi connectivity index (χ3v) is 11.6. The van der Waals surface area contributed by atoms with Crippen LogP contribution in [0.5, 0.6) is 0 Å². The minimum atomic E-state index is -3.27. The van der Waals surface area contributed by atoms with Crippen LogP contribution in [0.3, 0.4) is 0 Å². The molecule has 1 N–H and O–H groups in total. The molecule has 0 saturated heterocycles. The molecule has 2 saturated carbocycles. The van der Waals surface area contributed by atoms with Crippen molar-refractivity contribution >= 4 is 15.6 Å². The number of hydrogen-bond acceptors (Lipinski definition) is 6. The fourth-order valence-corrected chi connectivity index (χ4v) is 9.18. The molecule has 1 aromatic carbocycles. The Morgan fingerprint density at radius 2 is 1.78 bits per heavy atom. The zero-order chi connectivity index (χ0) is 25.7. The summed E-state index contributed by atoms with van der Waals surface area (Å²) in [6.07, 6.45) is 12.2. The molecule has 6 atom stereocenters. The second kappa shape index (κ2) is 7.73. The highest BCUT2D eigenvalue weighted by Gasteiger charge is 2.58. The van der Waals surface area contributed by atoms with E-state index in [1.165, 1.54) is 23.8 Å². The van der Waals surface area contributed by atoms with Crippen molar-refractivity contribution in [3.05, 3.63) is 53.5 Å². The Morgan fingerprint density at radius 1 is 1.03 bits per heavy atom. The lowest BCUT2D eigenvalue weighted by Gasteiger charge is -2.57. The summed E-state index contributed by atoms with van der Waals surface area (Å²) in [4.78, 5) is 9.89. The number of aliphatic hydroxyl groups is 1. The summed E-state index contributed by atoms with van der Waals surface area (Å²) in [5, 5.41) is 14.9. The van der Waals surface area contributed by atoms with Crippen molar-refractivity contribution in [1.82, 2.24) is 19.6 Å². The molecule has 7 nitrogen and oxygen atoms in total. The first-order valence-corrected chi connectivity index (χ1v) is 15.4. The summed E-state index contributed by atoms with van der Waals surface area (Å²) in [5.74, 6) is 2.30. The van der Waals surface area contributed by atoms with E-state index in [1.807, 2.05) is 16.6 Å². The average Bonchev–Trinajstić information content (AvgIpc) is 3.45. The first-order chi connectivity index (χ1) is 17.6. The molecule has 0 radical (unpaired) electrons. The number of sulfone groups is 1. The van der Waals surface area contributed by atoms with Gasteiger partial charge >= 0.3 is 0 Å². The van der Waals surface area contributed by atoms with Crippen LogP contribution in [0, 0.1) is 23.2 Å². The van der Waals surface area contributed by atoms with Gasteiger partial charge in [0.1, 0.15) is 6.33 Å². The van der Waals surface area contributed by atoms with Gasteiger partial charge in [0.25, 0.3) is 5.78 Å². The molecule has 2 heterocycles. The van der Waals surface area contributed by atoms with Crippen LogP contribution < -0.4 is 0 Å². The summed E-state index contributed by atoms with van der Waals surface area (Å²) in [6.45, 7) is 4.86. The first kappa shape index (κ1) is 23.5. The first-order valence-electron chi connectivity index (χ1n) is 13.5. The third-order valence-electron chi connectivity index (χ3n) is 10.5. The number of benzene rings is 1. The largest absolute Gasteiger partial charge is 0.393 e. The molecule has 37 heavy (non-hydrogen) atoms. The Hall–Kier alpha value is -2.58. The van der Waals surface area contributed by atoms with Gasteiger partial charge in [0.05, 0.1) is 22.4 Å². The van der Waals surface area contributed by atoms with E-state index < -0.39 is 9.84 Å². The van der Waals surface area contributed by atoms with Crippen molar-refractivity contribution in [3.63, 3.8) is 0 Å². The second-order valence-corrected chi connectivity index (χ2v) is 14.4. The van der Waals surface area contributed by atoms with E-state index >= 15 is 0 Å². The highest BCUT2D eigenvalue weighted by Crippen LogP contribution is 2.64. The zero-order valence-corrected chi connectivity index (χ0v) is 22.5. The Labute approximate surface area is 218 Å². The maximum absolute atomic E-state index is 12.1. The quantitative estimate of drug-likeness (QED) is 0.501. The number of nitrogens with zero attached hydrogens (tertiary/aromatic N) is 4. The summed E-state index contributed by atoms with van der Waals surface area (Å²) in [5.41, 5.74) is 5.96. The van der Waals surface area contributed by atoms with Gasteiger partial charge in [-0.2, -0.15) is 14.6 Å². The van der Waals surface area contributed by atoms with Crippen LogP contribution in [0.25, 0.3) is 17.0 Å². The molecule has 3 aromatic rings. The van der Waals surface area contributed by atoms with Gasteiger partial charge in [-0.25, -0.2) is 13.4 Å². The molecule has 7 rings (SSSR count). The highest BCUT2D eigenvalue weighted by molar-refractivity contribution is 7.90. The van der Waals surface area contributed by atoms with Crippen molar-refractivity contribution in [2.75, 3.05) is 6.26 Å². The molecule has 0 spiro atoms. The van der Waals surface area contributed by atoms with E-state index in [-0.39, 0.29) is 16.9 Å². The van der Waals surface area contributed by atoms with Crippen molar-refractivity contribution in [2.45, 2.75) is 75.2 Å². The molecule has 4 aliphatic carbocycles. The number of allylic oxidation sites excluding steroid dienone is 1. The van der Waals surface area contributed by atoms with Gasteiger partial charge in [-0.05, 0) is 80.2 Å². The molecule has 2 aromatic heterocycles. The SMILES string of the molecule is C[C@]12CC[C@H](O)CC1=CCC1C2CC[C@]2(C)c3nc4ncnn4c(-c4ccc(S(C)(=O)=O)cc4)c3CC12. The van der Waals surface area contributed by atoms with Crippen LogP contribution in [-0.2, 0) is 21.7 Å². The number of rotatable bonds is 2. The summed E-state index contributed by atoms with van der Waals surface area (Å²) >= 11 is 0. The van der Waals surface area contributed by atoms with Crippen LogP contribution >= 0.6 is 0 Å². The van der Waals surface area contributed by atoms with Gasteiger partial charge in [-0.15, -0.1) is 0 Å². The predicted molar refractivity (Wildman–Crippen MR) is 141 cm³/mol. The van der Waals surface area contributed by atoms with Gasteiger partial charge in [0.15, 0.2) is 9.84 Å². The van der Waals surface area contributed by atoms with E-state index in [2.05, 4.69) is 30.0 Å². The monoisotopic (exact) mass is 518 g/mol. The molecule has 0 amide bonds.